The van der Waals surface area contributed by atoms with Crippen LogP contribution in [0.1, 0.15) is 48.3 Å². The van der Waals surface area contributed by atoms with Gasteiger partial charge in [0.15, 0.2) is 0 Å². The number of nitrogens with one attached hydrogen (secondary N) is 2. The van der Waals surface area contributed by atoms with Gasteiger partial charge in [0, 0.05) is 17.8 Å². The highest BCUT2D eigenvalue weighted by atomic mass is 32.2. The van der Waals surface area contributed by atoms with Gasteiger partial charge in [-0.2, -0.15) is 0 Å². The number of carbonyl (C=O) groups excluding carboxylic acids is 2. The van der Waals surface area contributed by atoms with Gasteiger partial charge in [0.05, 0.1) is 4.90 Å². The SMILES string of the molecule is CC(C)(C)OC(=O)C(N)c1cccc(CNC(=O)c2cccc(NS(=O)(=O)c3ccccc3)c2)c1. The van der Waals surface area contributed by atoms with E-state index in [2.05, 4.69) is 10.0 Å². The van der Waals surface area contributed by atoms with Crippen LogP contribution in [-0.4, -0.2) is 25.9 Å². The molecule has 3 aromatic carbocycles. The van der Waals surface area contributed by atoms with E-state index in [1.54, 1.807) is 81.4 Å². The Labute approximate surface area is 205 Å². The summed E-state index contributed by atoms with van der Waals surface area (Å²) in [4.78, 5) is 25.1. The molecule has 35 heavy (non-hydrogen) atoms. The second-order valence-electron chi connectivity index (χ2n) is 8.94. The lowest BCUT2D eigenvalue weighted by Crippen LogP contribution is -2.31. The third-order valence-corrected chi connectivity index (χ3v) is 6.25. The van der Waals surface area contributed by atoms with Gasteiger partial charge in [-0.05, 0) is 62.2 Å². The van der Waals surface area contributed by atoms with Crippen molar-refractivity contribution in [3.8, 4) is 0 Å². The molecule has 0 fully saturated rings. The van der Waals surface area contributed by atoms with E-state index >= 15 is 0 Å². The summed E-state index contributed by atoms with van der Waals surface area (Å²) in [5, 5.41) is 2.80. The van der Waals surface area contributed by atoms with Crippen LogP contribution >= 0.6 is 0 Å². The quantitative estimate of drug-likeness (QED) is 0.408. The first-order chi connectivity index (χ1) is 16.4. The van der Waals surface area contributed by atoms with Gasteiger partial charge in [-0.1, -0.05) is 48.5 Å². The Kier molecular flexibility index (Phi) is 7.93. The lowest BCUT2D eigenvalue weighted by molar-refractivity contribution is -0.156. The zero-order chi connectivity index (χ0) is 25.6. The molecule has 1 atom stereocenters. The molecule has 0 saturated heterocycles. The van der Waals surface area contributed by atoms with Crippen molar-refractivity contribution in [2.45, 2.75) is 43.9 Å². The molecule has 0 radical (unpaired) electrons. The van der Waals surface area contributed by atoms with Crippen molar-refractivity contribution in [1.82, 2.24) is 5.32 Å². The highest BCUT2D eigenvalue weighted by Gasteiger charge is 2.23. The van der Waals surface area contributed by atoms with Gasteiger partial charge >= 0.3 is 5.97 Å². The molecule has 0 heterocycles. The zero-order valence-electron chi connectivity index (χ0n) is 19.8. The summed E-state index contributed by atoms with van der Waals surface area (Å²) in [5.41, 5.74) is 7.28. The van der Waals surface area contributed by atoms with E-state index < -0.39 is 27.6 Å². The number of nitrogens with two attached hydrogens (primary N) is 1. The van der Waals surface area contributed by atoms with E-state index in [-0.39, 0.29) is 23.0 Å². The third-order valence-electron chi connectivity index (χ3n) is 4.85. The molecule has 8 nitrogen and oxygen atoms in total. The lowest BCUT2D eigenvalue weighted by atomic mass is 10.0. The third kappa shape index (κ3) is 7.40. The molecule has 3 rings (SSSR count). The lowest BCUT2D eigenvalue weighted by Gasteiger charge is -2.22. The molecule has 4 N–H and O–H groups in total. The van der Waals surface area contributed by atoms with E-state index in [4.69, 9.17) is 10.5 Å². The summed E-state index contributed by atoms with van der Waals surface area (Å²) in [6, 6.07) is 20.2. The van der Waals surface area contributed by atoms with Gasteiger partial charge in [-0.25, -0.2) is 13.2 Å². The van der Waals surface area contributed by atoms with E-state index in [9.17, 15) is 18.0 Å². The standard InChI is InChI=1S/C26H29N3O5S/c1-26(2,3)34-25(31)23(27)19-10-7-9-18(15-19)17-28-24(30)20-11-8-12-21(16-20)29-35(32,33)22-13-5-4-6-14-22/h4-16,23,29H,17,27H2,1-3H3,(H,28,30). The number of benzene rings is 3. The van der Waals surface area contributed by atoms with E-state index in [0.29, 0.717) is 11.1 Å². The largest absolute Gasteiger partial charge is 0.459 e. The smallest absolute Gasteiger partial charge is 0.328 e. The molecule has 0 bridgehead atoms. The van der Waals surface area contributed by atoms with Crippen molar-refractivity contribution in [2.75, 3.05) is 4.72 Å². The summed E-state index contributed by atoms with van der Waals surface area (Å²) in [7, 11) is -3.77. The summed E-state index contributed by atoms with van der Waals surface area (Å²) in [6.45, 7) is 5.50. The van der Waals surface area contributed by atoms with Crippen molar-refractivity contribution >= 4 is 27.6 Å². The average molecular weight is 496 g/mol. The Balaban J connectivity index is 1.65. The van der Waals surface area contributed by atoms with Crippen LogP contribution in [0.25, 0.3) is 0 Å². The predicted molar refractivity (Wildman–Crippen MR) is 134 cm³/mol. The van der Waals surface area contributed by atoms with Crippen molar-refractivity contribution in [3.63, 3.8) is 0 Å². The first-order valence-corrected chi connectivity index (χ1v) is 12.5. The number of hydrogen-bond donors (Lipinski definition) is 3. The first-order valence-electron chi connectivity index (χ1n) is 11.0. The molecule has 1 unspecified atom stereocenters. The summed E-state index contributed by atoms with van der Waals surface area (Å²) in [5.74, 6) is -0.916. The minimum atomic E-state index is -3.77. The molecule has 9 heteroatoms. The molecule has 0 aromatic heterocycles. The number of esters is 1. The van der Waals surface area contributed by atoms with Crippen LogP contribution in [0, 0.1) is 0 Å². The normalized spacial score (nSPS) is 12.5. The van der Waals surface area contributed by atoms with Crippen LogP contribution in [0.2, 0.25) is 0 Å². The van der Waals surface area contributed by atoms with E-state index in [1.165, 1.54) is 18.2 Å². The minimum Gasteiger partial charge on any atom is -0.459 e. The fraction of sp³-hybridized carbons (Fsp3) is 0.231. The van der Waals surface area contributed by atoms with E-state index in [1.807, 2.05) is 0 Å². The van der Waals surface area contributed by atoms with Crippen LogP contribution in [0.4, 0.5) is 5.69 Å². The molecule has 0 aliphatic heterocycles. The van der Waals surface area contributed by atoms with E-state index in [0.717, 1.165) is 5.56 Å². The number of hydrogen-bond acceptors (Lipinski definition) is 6. The molecular weight excluding hydrogens is 466 g/mol. The van der Waals surface area contributed by atoms with Crippen LogP contribution < -0.4 is 15.8 Å². The fourth-order valence-electron chi connectivity index (χ4n) is 3.22. The molecule has 0 aliphatic rings. The number of rotatable bonds is 8. The van der Waals surface area contributed by atoms with Crippen LogP contribution in [0.5, 0.6) is 0 Å². The Morgan fingerprint density at radius 1 is 0.943 bits per heavy atom. The monoisotopic (exact) mass is 495 g/mol. The van der Waals surface area contributed by atoms with Crippen molar-refractivity contribution in [2.24, 2.45) is 5.73 Å². The topological polar surface area (TPSA) is 128 Å². The highest BCUT2D eigenvalue weighted by molar-refractivity contribution is 7.92. The van der Waals surface area contributed by atoms with Gasteiger partial charge < -0.3 is 15.8 Å². The van der Waals surface area contributed by atoms with Gasteiger partial charge in [-0.15, -0.1) is 0 Å². The second kappa shape index (κ2) is 10.7. The fourth-order valence-corrected chi connectivity index (χ4v) is 4.29. The Morgan fingerprint density at radius 2 is 1.63 bits per heavy atom. The molecule has 184 valence electrons. The maximum atomic E-state index is 12.7. The first kappa shape index (κ1) is 25.9. The molecule has 3 aromatic rings. The highest BCUT2D eigenvalue weighted by Crippen LogP contribution is 2.19. The van der Waals surface area contributed by atoms with Gasteiger partial charge in [0.2, 0.25) is 0 Å². The number of amides is 1. The summed E-state index contributed by atoms with van der Waals surface area (Å²) < 4.78 is 32.9. The number of anilines is 1. The van der Waals surface area contributed by atoms with Crippen molar-refractivity contribution < 1.29 is 22.7 Å². The number of sulfonamides is 1. The van der Waals surface area contributed by atoms with Crippen molar-refractivity contribution in [3.05, 3.63) is 95.6 Å². The summed E-state index contributed by atoms with van der Waals surface area (Å²) >= 11 is 0. The molecular formula is C26H29N3O5S. The van der Waals surface area contributed by atoms with Gasteiger partial charge in [0.25, 0.3) is 15.9 Å². The van der Waals surface area contributed by atoms with Gasteiger partial charge in [-0.3, -0.25) is 9.52 Å². The molecule has 1 amide bonds. The molecule has 0 spiro atoms. The Hall–Kier alpha value is -3.69. The van der Waals surface area contributed by atoms with Crippen LogP contribution in [0.15, 0.2) is 83.8 Å². The van der Waals surface area contributed by atoms with Gasteiger partial charge in [0.1, 0.15) is 11.6 Å². The number of carbonyl (C=O) groups is 2. The average Bonchev–Trinajstić information content (AvgIpc) is 2.81. The maximum absolute atomic E-state index is 12.7. The predicted octanol–water partition coefficient (Wildman–Crippen LogP) is 3.76. The van der Waals surface area contributed by atoms with Crippen LogP contribution in [0.3, 0.4) is 0 Å². The number of ether oxygens (including phenoxy) is 1. The zero-order valence-corrected chi connectivity index (χ0v) is 20.6. The van der Waals surface area contributed by atoms with Crippen molar-refractivity contribution in [1.29, 1.82) is 0 Å². The Bertz CT molecular complexity index is 1300. The second-order valence-corrected chi connectivity index (χ2v) is 10.6. The molecule has 0 aliphatic carbocycles. The Morgan fingerprint density at radius 3 is 2.31 bits per heavy atom. The minimum absolute atomic E-state index is 0.124. The molecule has 0 saturated carbocycles. The maximum Gasteiger partial charge on any atom is 0.328 e. The summed E-state index contributed by atoms with van der Waals surface area (Å²) in [6.07, 6.45) is 0. The van der Waals surface area contributed by atoms with Crippen LogP contribution in [-0.2, 0) is 26.1 Å².